The van der Waals surface area contributed by atoms with E-state index in [9.17, 15) is 12.8 Å². The molecule has 0 saturated carbocycles. The van der Waals surface area contributed by atoms with Gasteiger partial charge in [-0.2, -0.15) is 0 Å². The third-order valence-electron chi connectivity index (χ3n) is 2.76. The molecule has 0 aliphatic carbocycles. The fourth-order valence-corrected chi connectivity index (χ4v) is 2.51. The lowest BCUT2D eigenvalue weighted by Gasteiger charge is -2.17. The second kappa shape index (κ2) is 7.55. The van der Waals surface area contributed by atoms with Crippen LogP contribution in [0.15, 0.2) is 18.3 Å². The highest BCUT2D eigenvalue weighted by Gasteiger charge is 2.13. The van der Waals surface area contributed by atoms with Crippen LogP contribution in [-0.4, -0.2) is 32.0 Å². The summed E-state index contributed by atoms with van der Waals surface area (Å²) in [6.07, 6.45) is 4.64. The van der Waals surface area contributed by atoms with Gasteiger partial charge in [-0.3, -0.25) is 4.98 Å². The second-order valence-electron chi connectivity index (χ2n) is 4.68. The zero-order valence-corrected chi connectivity index (χ0v) is 12.2. The molecule has 108 valence electrons. The van der Waals surface area contributed by atoms with E-state index in [1.807, 2.05) is 0 Å². The minimum Gasteiger partial charge on any atom is -0.309 e. The van der Waals surface area contributed by atoms with Crippen molar-refractivity contribution in [3.05, 3.63) is 29.8 Å². The molecule has 0 fully saturated rings. The molecular weight excluding hydrogens is 267 g/mol. The zero-order valence-electron chi connectivity index (χ0n) is 11.4. The number of aromatic nitrogens is 1. The van der Waals surface area contributed by atoms with Crippen molar-refractivity contribution in [2.24, 2.45) is 0 Å². The summed E-state index contributed by atoms with van der Waals surface area (Å²) in [5.74, 6) is -0.201. The van der Waals surface area contributed by atoms with Crippen LogP contribution in [-0.2, 0) is 9.84 Å². The zero-order chi connectivity index (χ0) is 14.3. The van der Waals surface area contributed by atoms with Crippen molar-refractivity contribution in [1.82, 2.24) is 10.3 Å². The van der Waals surface area contributed by atoms with Crippen molar-refractivity contribution in [3.8, 4) is 0 Å². The first-order valence-electron chi connectivity index (χ1n) is 6.45. The number of nitrogens with zero attached hydrogens (tertiary/aromatic N) is 1. The maximum atomic E-state index is 12.8. The molecule has 0 radical (unpaired) electrons. The maximum absolute atomic E-state index is 12.8. The number of nitrogens with one attached hydrogen (secondary N) is 1. The quantitative estimate of drug-likeness (QED) is 0.795. The molecule has 0 amide bonds. The number of hydrogen-bond donors (Lipinski definition) is 1. The summed E-state index contributed by atoms with van der Waals surface area (Å²) >= 11 is 0. The molecule has 1 unspecified atom stereocenters. The molecule has 4 nitrogen and oxygen atoms in total. The first kappa shape index (κ1) is 16.0. The van der Waals surface area contributed by atoms with Crippen molar-refractivity contribution in [2.45, 2.75) is 32.2 Å². The van der Waals surface area contributed by atoms with Crippen LogP contribution in [0.2, 0.25) is 0 Å². The van der Waals surface area contributed by atoms with Crippen LogP contribution in [0.25, 0.3) is 0 Å². The van der Waals surface area contributed by atoms with Crippen LogP contribution in [0.4, 0.5) is 4.39 Å². The molecule has 1 heterocycles. The first-order valence-corrected chi connectivity index (χ1v) is 8.51. The highest BCUT2D eigenvalue weighted by molar-refractivity contribution is 7.90. The standard InChI is InChI=1S/C13H21FN2O2S/c1-3-8-15-12(5-4-9-19(2,17)18)13-7-6-11(14)10-16-13/h6-7,10,12,15H,3-5,8-9H2,1-2H3. The van der Waals surface area contributed by atoms with Crippen molar-refractivity contribution >= 4 is 9.84 Å². The number of hydrogen-bond acceptors (Lipinski definition) is 4. The summed E-state index contributed by atoms with van der Waals surface area (Å²) in [7, 11) is -2.94. The Balaban J connectivity index is 2.63. The summed E-state index contributed by atoms with van der Waals surface area (Å²) in [6, 6.07) is 2.99. The van der Waals surface area contributed by atoms with Gasteiger partial charge in [0.1, 0.15) is 15.7 Å². The Morgan fingerprint density at radius 1 is 1.42 bits per heavy atom. The lowest BCUT2D eigenvalue weighted by molar-refractivity contribution is 0.480. The van der Waals surface area contributed by atoms with E-state index < -0.39 is 9.84 Å². The molecule has 1 aromatic heterocycles. The molecule has 1 atom stereocenters. The van der Waals surface area contributed by atoms with Gasteiger partial charge in [-0.05, 0) is 37.9 Å². The molecule has 0 bridgehead atoms. The molecule has 0 aromatic carbocycles. The Morgan fingerprint density at radius 2 is 2.16 bits per heavy atom. The third kappa shape index (κ3) is 6.63. The number of sulfone groups is 1. The SMILES string of the molecule is CCCNC(CCCS(C)(=O)=O)c1ccc(F)cn1. The lowest BCUT2D eigenvalue weighted by Crippen LogP contribution is -2.23. The van der Waals surface area contributed by atoms with Gasteiger partial charge in [0, 0.05) is 18.1 Å². The molecule has 0 saturated heterocycles. The third-order valence-corrected chi connectivity index (χ3v) is 3.79. The summed E-state index contributed by atoms with van der Waals surface area (Å²) < 4.78 is 35.1. The molecule has 1 aromatic rings. The van der Waals surface area contributed by atoms with Crippen molar-refractivity contribution < 1.29 is 12.8 Å². The van der Waals surface area contributed by atoms with E-state index >= 15 is 0 Å². The van der Waals surface area contributed by atoms with Crippen molar-refractivity contribution in [1.29, 1.82) is 0 Å². The lowest BCUT2D eigenvalue weighted by atomic mass is 10.1. The van der Waals surface area contributed by atoms with E-state index in [0.29, 0.717) is 12.8 Å². The van der Waals surface area contributed by atoms with E-state index in [0.717, 1.165) is 18.7 Å². The number of pyridine rings is 1. The van der Waals surface area contributed by atoms with Crippen molar-refractivity contribution in [2.75, 3.05) is 18.6 Å². The summed E-state index contributed by atoms with van der Waals surface area (Å²) in [5.41, 5.74) is 0.753. The Labute approximate surface area is 114 Å². The van der Waals surface area contributed by atoms with Gasteiger partial charge < -0.3 is 5.32 Å². The van der Waals surface area contributed by atoms with Crippen LogP contribution in [0.1, 0.15) is 37.9 Å². The van der Waals surface area contributed by atoms with Crippen LogP contribution in [0, 0.1) is 5.82 Å². The molecule has 0 aliphatic rings. The Morgan fingerprint density at radius 3 is 2.68 bits per heavy atom. The predicted molar refractivity (Wildman–Crippen MR) is 74.2 cm³/mol. The monoisotopic (exact) mass is 288 g/mol. The van der Waals surface area contributed by atoms with Crippen LogP contribution in [0.5, 0.6) is 0 Å². The number of halogens is 1. The van der Waals surface area contributed by atoms with Gasteiger partial charge in [-0.1, -0.05) is 6.92 Å². The Kier molecular flexibility index (Phi) is 6.37. The van der Waals surface area contributed by atoms with Gasteiger partial charge in [0.05, 0.1) is 11.9 Å². The average molecular weight is 288 g/mol. The summed E-state index contributed by atoms with van der Waals surface area (Å²) in [4.78, 5) is 4.06. The van der Waals surface area contributed by atoms with Gasteiger partial charge in [0.25, 0.3) is 0 Å². The highest BCUT2D eigenvalue weighted by atomic mass is 32.2. The van der Waals surface area contributed by atoms with Crippen molar-refractivity contribution in [3.63, 3.8) is 0 Å². The summed E-state index contributed by atoms with van der Waals surface area (Å²) in [5, 5.41) is 3.31. The van der Waals surface area contributed by atoms with Gasteiger partial charge in [-0.15, -0.1) is 0 Å². The molecule has 19 heavy (non-hydrogen) atoms. The second-order valence-corrected chi connectivity index (χ2v) is 6.94. The molecule has 1 N–H and O–H groups in total. The number of rotatable bonds is 8. The van der Waals surface area contributed by atoms with Gasteiger partial charge >= 0.3 is 0 Å². The smallest absolute Gasteiger partial charge is 0.147 e. The van der Waals surface area contributed by atoms with Crippen LogP contribution >= 0.6 is 0 Å². The molecule has 0 aliphatic heterocycles. The fourth-order valence-electron chi connectivity index (χ4n) is 1.82. The maximum Gasteiger partial charge on any atom is 0.147 e. The summed E-state index contributed by atoms with van der Waals surface area (Å²) in [6.45, 7) is 2.88. The van der Waals surface area contributed by atoms with Crippen LogP contribution < -0.4 is 5.32 Å². The Hall–Kier alpha value is -1.01. The van der Waals surface area contributed by atoms with Gasteiger partial charge in [-0.25, -0.2) is 12.8 Å². The van der Waals surface area contributed by atoms with E-state index in [4.69, 9.17) is 0 Å². The van der Waals surface area contributed by atoms with E-state index in [-0.39, 0.29) is 17.6 Å². The van der Waals surface area contributed by atoms with Gasteiger partial charge in [0.2, 0.25) is 0 Å². The largest absolute Gasteiger partial charge is 0.309 e. The molecule has 6 heteroatoms. The Bertz CT molecular complexity index is 474. The minimum atomic E-state index is -2.94. The first-order chi connectivity index (χ1) is 8.92. The minimum absolute atomic E-state index is 0.0256. The average Bonchev–Trinajstić information content (AvgIpc) is 2.33. The predicted octanol–water partition coefficient (Wildman–Crippen LogP) is 2.09. The van der Waals surface area contributed by atoms with Crippen LogP contribution in [0.3, 0.4) is 0 Å². The fraction of sp³-hybridized carbons (Fsp3) is 0.615. The highest BCUT2D eigenvalue weighted by Crippen LogP contribution is 2.17. The normalized spacial score (nSPS) is 13.4. The van der Waals surface area contributed by atoms with E-state index in [2.05, 4.69) is 17.2 Å². The van der Waals surface area contributed by atoms with Gasteiger partial charge in [0.15, 0.2) is 0 Å². The molecule has 0 spiro atoms. The van der Waals surface area contributed by atoms with E-state index in [1.165, 1.54) is 18.5 Å². The molecular formula is C13H21FN2O2S. The molecule has 1 rings (SSSR count). The topological polar surface area (TPSA) is 59.1 Å². The van der Waals surface area contributed by atoms with E-state index in [1.54, 1.807) is 6.07 Å².